The lowest BCUT2D eigenvalue weighted by molar-refractivity contribution is -0.131. The van der Waals surface area contributed by atoms with Crippen molar-refractivity contribution in [2.24, 2.45) is 5.92 Å². The van der Waals surface area contributed by atoms with E-state index in [9.17, 15) is 4.79 Å². The van der Waals surface area contributed by atoms with E-state index in [1.54, 1.807) is 12.4 Å². The third-order valence-corrected chi connectivity index (χ3v) is 3.46. The molecule has 4 nitrogen and oxygen atoms in total. The van der Waals surface area contributed by atoms with E-state index in [4.69, 9.17) is 0 Å². The molecular weight excluding hydrogens is 226 g/mol. The average molecular weight is 247 g/mol. The first-order valence-electron chi connectivity index (χ1n) is 6.59. The van der Waals surface area contributed by atoms with Crippen LogP contribution in [0.2, 0.25) is 0 Å². The molecule has 1 aromatic heterocycles. The largest absolute Gasteiger partial charge is 0.341 e. The van der Waals surface area contributed by atoms with E-state index in [0.717, 1.165) is 18.7 Å². The number of aromatic nitrogens is 1. The highest BCUT2D eigenvalue weighted by molar-refractivity contribution is 5.76. The number of pyridine rings is 1. The molecule has 2 heterocycles. The Hall–Kier alpha value is -1.42. The van der Waals surface area contributed by atoms with Crippen LogP contribution in [0.1, 0.15) is 24.8 Å². The zero-order valence-corrected chi connectivity index (χ0v) is 10.9. The fourth-order valence-corrected chi connectivity index (χ4v) is 2.35. The zero-order valence-electron chi connectivity index (χ0n) is 10.9. The molecule has 0 spiro atoms. The van der Waals surface area contributed by atoms with E-state index < -0.39 is 0 Å². The highest BCUT2D eigenvalue weighted by atomic mass is 16.2. The first-order chi connectivity index (χ1) is 8.75. The number of carbonyl (C=O) groups is 1. The van der Waals surface area contributed by atoms with Gasteiger partial charge in [-0.1, -0.05) is 0 Å². The number of rotatable bonds is 4. The number of carbonyl (C=O) groups excluding carboxylic acids is 1. The molecule has 18 heavy (non-hydrogen) atoms. The fraction of sp³-hybridized carbons (Fsp3) is 0.571. The van der Waals surface area contributed by atoms with Crippen molar-refractivity contribution in [3.8, 4) is 0 Å². The fourth-order valence-electron chi connectivity index (χ4n) is 2.35. The Bertz CT molecular complexity index is 374. The van der Waals surface area contributed by atoms with Crippen molar-refractivity contribution in [2.75, 3.05) is 20.1 Å². The monoisotopic (exact) mass is 247 g/mol. The minimum atomic E-state index is 0.237. The SMILES string of the molecule is CN(Cc1ccncc1)C(=O)CC1CCCNC1. The van der Waals surface area contributed by atoms with Crippen LogP contribution in [0.15, 0.2) is 24.5 Å². The summed E-state index contributed by atoms with van der Waals surface area (Å²) in [5, 5.41) is 3.35. The van der Waals surface area contributed by atoms with E-state index in [0.29, 0.717) is 18.9 Å². The van der Waals surface area contributed by atoms with E-state index in [-0.39, 0.29) is 5.91 Å². The van der Waals surface area contributed by atoms with E-state index in [1.165, 1.54) is 12.8 Å². The number of amides is 1. The quantitative estimate of drug-likeness (QED) is 0.875. The Morgan fingerprint density at radius 2 is 2.28 bits per heavy atom. The highest BCUT2D eigenvalue weighted by Gasteiger charge is 2.18. The molecule has 1 atom stereocenters. The first kappa shape index (κ1) is 13.0. The molecule has 2 rings (SSSR count). The smallest absolute Gasteiger partial charge is 0.222 e. The second kappa shape index (κ2) is 6.50. The minimum absolute atomic E-state index is 0.237. The lowest BCUT2D eigenvalue weighted by Gasteiger charge is -2.25. The number of hydrogen-bond acceptors (Lipinski definition) is 3. The van der Waals surface area contributed by atoms with E-state index in [2.05, 4.69) is 10.3 Å². The third-order valence-electron chi connectivity index (χ3n) is 3.46. The normalized spacial score (nSPS) is 19.5. The van der Waals surface area contributed by atoms with Gasteiger partial charge in [0.15, 0.2) is 0 Å². The molecule has 1 N–H and O–H groups in total. The molecule has 4 heteroatoms. The molecule has 0 aromatic carbocycles. The lowest BCUT2D eigenvalue weighted by atomic mass is 9.95. The van der Waals surface area contributed by atoms with Gasteiger partial charge in [0.1, 0.15) is 0 Å². The third kappa shape index (κ3) is 3.81. The molecule has 0 saturated carbocycles. The molecule has 1 aromatic rings. The summed E-state index contributed by atoms with van der Waals surface area (Å²) in [5.41, 5.74) is 1.13. The molecule has 0 radical (unpaired) electrons. The second-order valence-electron chi connectivity index (χ2n) is 5.02. The Kier molecular flexibility index (Phi) is 4.70. The summed E-state index contributed by atoms with van der Waals surface area (Å²) < 4.78 is 0. The van der Waals surface area contributed by atoms with Crippen molar-refractivity contribution in [3.63, 3.8) is 0 Å². The van der Waals surface area contributed by atoms with Gasteiger partial charge in [-0.25, -0.2) is 0 Å². The molecule has 0 bridgehead atoms. The molecule has 1 saturated heterocycles. The van der Waals surface area contributed by atoms with E-state index >= 15 is 0 Å². The summed E-state index contributed by atoms with van der Waals surface area (Å²) in [6.45, 7) is 2.74. The van der Waals surface area contributed by atoms with Crippen molar-refractivity contribution in [1.82, 2.24) is 15.2 Å². The Morgan fingerprint density at radius 1 is 1.50 bits per heavy atom. The highest BCUT2D eigenvalue weighted by Crippen LogP contribution is 2.15. The topological polar surface area (TPSA) is 45.2 Å². The molecular formula is C14H21N3O. The van der Waals surface area contributed by atoms with Gasteiger partial charge < -0.3 is 10.2 Å². The molecule has 98 valence electrons. The van der Waals surface area contributed by atoms with Crippen LogP contribution >= 0.6 is 0 Å². The Morgan fingerprint density at radius 3 is 2.94 bits per heavy atom. The van der Waals surface area contributed by atoms with Crippen molar-refractivity contribution in [1.29, 1.82) is 0 Å². The van der Waals surface area contributed by atoms with Gasteiger partial charge in [-0.2, -0.15) is 0 Å². The second-order valence-corrected chi connectivity index (χ2v) is 5.02. The van der Waals surface area contributed by atoms with Gasteiger partial charge in [0.2, 0.25) is 5.91 Å². The van der Waals surface area contributed by atoms with Gasteiger partial charge in [-0.3, -0.25) is 9.78 Å². The van der Waals surface area contributed by atoms with Gasteiger partial charge >= 0.3 is 0 Å². The summed E-state index contributed by atoms with van der Waals surface area (Å²) in [5.74, 6) is 0.742. The maximum atomic E-state index is 12.1. The standard InChI is InChI=1S/C14H21N3O/c1-17(11-12-4-7-15-8-5-12)14(18)9-13-3-2-6-16-10-13/h4-5,7-8,13,16H,2-3,6,9-11H2,1H3. The molecule has 1 aliphatic rings. The summed E-state index contributed by atoms with van der Waals surface area (Å²) in [6, 6.07) is 3.90. The van der Waals surface area contributed by atoms with Crippen LogP contribution in [-0.4, -0.2) is 35.9 Å². The summed E-state index contributed by atoms with van der Waals surface area (Å²) >= 11 is 0. The molecule has 0 aliphatic carbocycles. The van der Waals surface area contributed by atoms with Crippen LogP contribution in [-0.2, 0) is 11.3 Å². The number of piperidine rings is 1. The Labute approximate surface area is 108 Å². The first-order valence-corrected chi connectivity index (χ1v) is 6.59. The van der Waals surface area contributed by atoms with Crippen molar-refractivity contribution in [2.45, 2.75) is 25.8 Å². The van der Waals surface area contributed by atoms with Gasteiger partial charge in [0.25, 0.3) is 0 Å². The molecule has 1 fully saturated rings. The summed E-state index contributed by atoms with van der Waals surface area (Å²) in [7, 11) is 1.87. The molecule has 1 unspecified atom stereocenters. The number of nitrogens with zero attached hydrogens (tertiary/aromatic N) is 2. The molecule has 1 aliphatic heterocycles. The Balaban J connectivity index is 1.81. The molecule has 1 amide bonds. The maximum Gasteiger partial charge on any atom is 0.222 e. The average Bonchev–Trinajstić information content (AvgIpc) is 2.41. The van der Waals surface area contributed by atoms with Crippen molar-refractivity contribution < 1.29 is 4.79 Å². The predicted octanol–water partition coefficient (Wildman–Crippen LogP) is 1.43. The minimum Gasteiger partial charge on any atom is -0.341 e. The van der Waals surface area contributed by atoms with Gasteiger partial charge in [0, 0.05) is 32.4 Å². The maximum absolute atomic E-state index is 12.1. The summed E-state index contributed by atoms with van der Waals surface area (Å²) in [4.78, 5) is 17.9. The summed E-state index contributed by atoms with van der Waals surface area (Å²) in [6.07, 6.45) is 6.54. The number of hydrogen-bond donors (Lipinski definition) is 1. The zero-order chi connectivity index (χ0) is 12.8. The van der Waals surface area contributed by atoms with Crippen LogP contribution in [0.4, 0.5) is 0 Å². The predicted molar refractivity (Wildman–Crippen MR) is 70.9 cm³/mol. The van der Waals surface area contributed by atoms with Crippen LogP contribution in [0.5, 0.6) is 0 Å². The van der Waals surface area contributed by atoms with Crippen LogP contribution in [0.25, 0.3) is 0 Å². The van der Waals surface area contributed by atoms with Crippen LogP contribution in [0.3, 0.4) is 0 Å². The van der Waals surface area contributed by atoms with E-state index in [1.807, 2.05) is 24.1 Å². The van der Waals surface area contributed by atoms with Crippen molar-refractivity contribution in [3.05, 3.63) is 30.1 Å². The van der Waals surface area contributed by atoms with Gasteiger partial charge in [-0.05, 0) is 49.5 Å². The van der Waals surface area contributed by atoms with Gasteiger partial charge in [0.05, 0.1) is 0 Å². The number of nitrogens with one attached hydrogen (secondary N) is 1. The van der Waals surface area contributed by atoms with Crippen molar-refractivity contribution >= 4 is 5.91 Å². The lowest BCUT2D eigenvalue weighted by Crippen LogP contribution is -2.34. The van der Waals surface area contributed by atoms with Gasteiger partial charge in [-0.15, -0.1) is 0 Å². The van der Waals surface area contributed by atoms with Crippen LogP contribution < -0.4 is 5.32 Å². The van der Waals surface area contributed by atoms with Crippen LogP contribution in [0, 0.1) is 5.92 Å².